The number of carbonyl (C=O) groups excluding carboxylic acids is 2. The fourth-order valence-electron chi connectivity index (χ4n) is 3.02. The molecule has 8 heteroatoms. The van der Waals surface area contributed by atoms with Crippen molar-refractivity contribution in [1.29, 1.82) is 0 Å². The van der Waals surface area contributed by atoms with E-state index in [1.54, 1.807) is 12.1 Å². The molecule has 1 saturated carbocycles. The van der Waals surface area contributed by atoms with E-state index in [-0.39, 0.29) is 35.3 Å². The van der Waals surface area contributed by atoms with E-state index < -0.39 is 0 Å². The smallest absolute Gasteiger partial charge is 0.270 e. The SMILES string of the molecule is O=C(N[C@@H]1CCCC[C@H]1NC(=O)c1cc(Cl)ccn1)c1cc(Cl)ccn1. The molecule has 136 valence electrons. The van der Waals surface area contributed by atoms with Crippen molar-refractivity contribution in [2.75, 3.05) is 0 Å². The van der Waals surface area contributed by atoms with Crippen molar-refractivity contribution >= 4 is 35.0 Å². The zero-order valence-corrected chi connectivity index (χ0v) is 15.4. The van der Waals surface area contributed by atoms with Crippen LogP contribution in [0.3, 0.4) is 0 Å². The van der Waals surface area contributed by atoms with Crippen molar-refractivity contribution < 1.29 is 9.59 Å². The Morgan fingerprint density at radius 1 is 0.846 bits per heavy atom. The summed E-state index contributed by atoms with van der Waals surface area (Å²) in [6.07, 6.45) is 6.50. The molecule has 2 aromatic rings. The molecule has 26 heavy (non-hydrogen) atoms. The molecule has 0 spiro atoms. The average molecular weight is 393 g/mol. The van der Waals surface area contributed by atoms with Crippen LogP contribution in [-0.4, -0.2) is 33.9 Å². The Morgan fingerprint density at radius 2 is 1.27 bits per heavy atom. The van der Waals surface area contributed by atoms with Crippen LogP contribution in [0.5, 0.6) is 0 Å². The largest absolute Gasteiger partial charge is 0.346 e. The molecule has 2 atom stereocenters. The zero-order valence-electron chi connectivity index (χ0n) is 13.9. The molecule has 0 saturated heterocycles. The summed E-state index contributed by atoms with van der Waals surface area (Å²) in [6.45, 7) is 0. The Morgan fingerprint density at radius 3 is 1.65 bits per heavy atom. The molecule has 6 nitrogen and oxygen atoms in total. The van der Waals surface area contributed by atoms with Crippen LogP contribution in [0.2, 0.25) is 10.0 Å². The lowest BCUT2D eigenvalue weighted by molar-refractivity contribution is 0.0857. The maximum absolute atomic E-state index is 12.4. The second-order valence-electron chi connectivity index (χ2n) is 6.16. The Balaban J connectivity index is 1.67. The maximum atomic E-state index is 12.4. The minimum atomic E-state index is -0.306. The first-order valence-corrected chi connectivity index (χ1v) is 9.13. The van der Waals surface area contributed by atoms with Gasteiger partial charge in [-0.1, -0.05) is 36.0 Å². The van der Waals surface area contributed by atoms with Crippen LogP contribution < -0.4 is 10.6 Å². The Kier molecular flexibility index (Phi) is 6.06. The van der Waals surface area contributed by atoms with Gasteiger partial charge in [-0.2, -0.15) is 0 Å². The molecule has 2 N–H and O–H groups in total. The summed E-state index contributed by atoms with van der Waals surface area (Å²) in [7, 11) is 0. The molecule has 1 aliphatic rings. The lowest BCUT2D eigenvalue weighted by Crippen LogP contribution is -2.53. The predicted molar refractivity (Wildman–Crippen MR) is 99.5 cm³/mol. The number of aromatic nitrogens is 2. The standard InChI is InChI=1S/C18H18Cl2N4O2/c19-11-5-7-21-15(9-11)17(25)23-13-3-1-2-4-14(13)24-18(26)16-10-12(20)6-8-22-16/h5-10,13-14H,1-4H2,(H,23,25)(H,24,26)/t13-,14-/m1/s1. The normalized spacial score (nSPS) is 19.6. The quantitative estimate of drug-likeness (QED) is 0.835. The average Bonchev–Trinajstić information content (AvgIpc) is 2.63. The molecule has 1 fully saturated rings. The second-order valence-corrected chi connectivity index (χ2v) is 7.04. The highest BCUT2D eigenvalue weighted by atomic mass is 35.5. The molecule has 2 heterocycles. The first kappa shape index (κ1) is 18.6. The van der Waals surface area contributed by atoms with E-state index in [0.29, 0.717) is 10.0 Å². The van der Waals surface area contributed by atoms with Crippen LogP contribution in [0.25, 0.3) is 0 Å². The van der Waals surface area contributed by atoms with Gasteiger partial charge in [0.25, 0.3) is 11.8 Å². The van der Waals surface area contributed by atoms with Crippen molar-refractivity contribution in [3.63, 3.8) is 0 Å². The number of nitrogens with one attached hydrogen (secondary N) is 2. The molecule has 0 aliphatic heterocycles. The van der Waals surface area contributed by atoms with E-state index in [1.807, 2.05) is 0 Å². The number of hydrogen-bond acceptors (Lipinski definition) is 4. The zero-order chi connectivity index (χ0) is 18.5. The molecular formula is C18H18Cl2N4O2. The number of nitrogens with zero attached hydrogens (tertiary/aromatic N) is 2. The third-order valence-corrected chi connectivity index (χ3v) is 4.78. The van der Waals surface area contributed by atoms with Gasteiger partial charge in [-0.3, -0.25) is 19.6 Å². The summed E-state index contributed by atoms with van der Waals surface area (Å²) in [5.41, 5.74) is 0.509. The van der Waals surface area contributed by atoms with Crippen LogP contribution in [0.1, 0.15) is 46.7 Å². The number of carbonyl (C=O) groups is 2. The summed E-state index contributed by atoms with van der Waals surface area (Å²) in [6, 6.07) is 5.90. The predicted octanol–water partition coefficient (Wildman–Crippen LogP) is 3.25. The Labute approximate surface area is 161 Å². The van der Waals surface area contributed by atoms with Gasteiger partial charge < -0.3 is 10.6 Å². The first-order chi connectivity index (χ1) is 12.5. The number of pyridine rings is 2. The van der Waals surface area contributed by atoms with Gasteiger partial charge in [0.15, 0.2) is 0 Å². The van der Waals surface area contributed by atoms with Crippen LogP contribution in [0.4, 0.5) is 0 Å². The second kappa shape index (κ2) is 8.47. The van der Waals surface area contributed by atoms with E-state index in [1.165, 1.54) is 24.5 Å². The highest BCUT2D eigenvalue weighted by molar-refractivity contribution is 6.31. The van der Waals surface area contributed by atoms with E-state index in [4.69, 9.17) is 23.2 Å². The topological polar surface area (TPSA) is 84.0 Å². The third kappa shape index (κ3) is 4.71. The molecule has 1 aliphatic carbocycles. The lowest BCUT2D eigenvalue weighted by atomic mass is 9.90. The Bertz CT molecular complexity index is 748. The fraction of sp³-hybridized carbons (Fsp3) is 0.333. The van der Waals surface area contributed by atoms with Gasteiger partial charge in [-0.05, 0) is 37.1 Å². The lowest BCUT2D eigenvalue weighted by Gasteiger charge is -2.32. The molecule has 0 aromatic carbocycles. The van der Waals surface area contributed by atoms with Crippen LogP contribution in [0.15, 0.2) is 36.7 Å². The van der Waals surface area contributed by atoms with Gasteiger partial charge in [-0.25, -0.2) is 0 Å². The number of halogens is 2. The summed E-state index contributed by atoms with van der Waals surface area (Å²) < 4.78 is 0. The van der Waals surface area contributed by atoms with Gasteiger partial charge in [-0.15, -0.1) is 0 Å². The maximum Gasteiger partial charge on any atom is 0.270 e. The highest BCUT2D eigenvalue weighted by Gasteiger charge is 2.29. The van der Waals surface area contributed by atoms with Crippen molar-refractivity contribution in [1.82, 2.24) is 20.6 Å². The summed E-state index contributed by atoms with van der Waals surface area (Å²) in [4.78, 5) is 33.0. The fourth-order valence-corrected chi connectivity index (χ4v) is 3.34. The van der Waals surface area contributed by atoms with Gasteiger partial charge in [0, 0.05) is 34.5 Å². The number of hydrogen-bond donors (Lipinski definition) is 2. The van der Waals surface area contributed by atoms with Crippen LogP contribution in [0, 0.1) is 0 Å². The number of rotatable bonds is 4. The van der Waals surface area contributed by atoms with Crippen LogP contribution in [-0.2, 0) is 0 Å². The van der Waals surface area contributed by atoms with Gasteiger partial charge in [0.1, 0.15) is 11.4 Å². The molecule has 2 amide bonds. The summed E-state index contributed by atoms with van der Waals surface area (Å²) >= 11 is 11.8. The van der Waals surface area contributed by atoms with E-state index in [0.717, 1.165) is 25.7 Å². The number of amides is 2. The summed E-state index contributed by atoms with van der Waals surface area (Å²) in [5, 5.41) is 6.82. The minimum Gasteiger partial charge on any atom is -0.346 e. The van der Waals surface area contributed by atoms with Gasteiger partial charge >= 0.3 is 0 Å². The van der Waals surface area contributed by atoms with Gasteiger partial charge in [0.2, 0.25) is 0 Å². The van der Waals surface area contributed by atoms with Crippen LogP contribution >= 0.6 is 23.2 Å². The Hall–Kier alpha value is -2.18. The summed E-state index contributed by atoms with van der Waals surface area (Å²) in [5.74, 6) is -0.612. The molecule has 0 radical (unpaired) electrons. The third-order valence-electron chi connectivity index (χ3n) is 4.31. The minimum absolute atomic E-state index is 0.180. The molecule has 0 unspecified atom stereocenters. The monoisotopic (exact) mass is 392 g/mol. The van der Waals surface area contributed by atoms with Crippen molar-refractivity contribution in [3.8, 4) is 0 Å². The molecular weight excluding hydrogens is 375 g/mol. The highest BCUT2D eigenvalue weighted by Crippen LogP contribution is 2.20. The molecule has 0 bridgehead atoms. The molecule has 2 aromatic heterocycles. The van der Waals surface area contributed by atoms with E-state index in [2.05, 4.69) is 20.6 Å². The van der Waals surface area contributed by atoms with Crippen molar-refractivity contribution in [3.05, 3.63) is 58.1 Å². The molecule has 3 rings (SSSR count). The van der Waals surface area contributed by atoms with Gasteiger partial charge in [0.05, 0.1) is 0 Å². The first-order valence-electron chi connectivity index (χ1n) is 8.38. The van der Waals surface area contributed by atoms with Crippen molar-refractivity contribution in [2.24, 2.45) is 0 Å². The van der Waals surface area contributed by atoms with E-state index in [9.17, 15) is 9.59 Å². The van der Waals surface area contributed by atoms with Crippen molar-refractivity contribution in [2.45, 2.75) is 37.8 Å². The van der Waals surface area contributed by atoms with E-state index >= 15 is 0 Å².